The second-order valence-corrected chi connectivity index (χ2v) is 10.3. The van der Waals surface area contributed by atoms with Gasteiger partial charge in [0, 0.05) is 30.2 Å². The molecule has 3 rings (SSSR count). The van der Waals surface area contributed by atoms with Gasteiger partial charge in [-0.25, -0.2) is 21.6 Å². The maximum Gasteiger partial charge on any atom is 0.248 e. The zero-order valence-electron chi connectivity index (χ0n) is 14.8. The molecule has 1 atom stereocenters. The summed E-state index contributed by atoms with van der Waals surface area (Å²) in [6, 6.07) is 8.58. The van der Waals surface area contributed by atoms with Crippen molar-refractivity contribution in [3.63, 3.8) is 0 Å². The average Bonchev–Trinajstić information content (AvgIpc) is 2.99. The number of rotatable bonds is 6. The van der Waals surface area contributed by atoms with Crippen LogP contribution in [0, 0.1) is 0 Å². The number of carbonyl (C=O) groups excluding carboxylic acids is 1. The van der Waals surface area contributed by atoms with Gasteiger partial charge in [0.2, 0.25) is 15.9 Å². The summed E-state index contributed by atoms with van der Waals surface area (Å²) < 4.78 is 50.1. The number of carbonyl (C=O) groups is 1. The molecule has 8 nitrogen and oxygen atoms in total. The second kappa shape index (κ2) is 8.21. The molecule has 1 aromatic carbocycles. The highest BCUT2D eigenvalue weighted by Gasteiger charge is 2.31. The Morgan fingerprint density at radius 3 is 2.54 bits per heavy atom. The van der Waals surface area contributed by atoms with Crippen LogP contribution < -0.4 is 10.0 Å². The maximum absolute atomic E-state index is 12.4. The number of anilines is 1. The molecule has 0 radical (unpaired) electrons. The van der Waals surface area contributed by atoms with Crippen LogP contribution in [0.15, 0.2) is 59.8 Å². The highest BCUT2D eigenvalue weighted by molar-refractivity contribution is 7.92. The molecule has 1 aromatic heterocycles. The topological polar surface area (TPSA) is 122 Å². The summed E-state index contributed by atoms with van der Waals surface area (Å²) in [5.74, 6) is -0.574. The number of hydrogen-bond acceptors (Lipinski definition) is 6. The van der Waals surface area contributed by atoms with Crippen LogP contribution in [0.5, 0.6) is 0 Å². The molecule has 1 aliphatic heterocycles. The van der Waals surface area contributed by atoms with Crippen molar-refractivity contribution in [1.82, 2.24) is 9.71 Å². The zero-order valence-corrected chi connectivity index (χ0v) is 16.4. The molecule has 1 amide bonds. The van der Waals surface area contributed by atoms with E-state index in [0.717, 1.165) is 5.56 Å². The Balaban J connectivity index is 1.61. The molecule has 148 valence electrons. The van der Waals surface area contributed by atoms with Crippen molar-refractivity contribution in [2.24, 2.45) is 0 Å². The Hall–Kier alpha value is -2.56. The van der Waals surface area contributed by atoms with Crippen molar-refractivity contribution in [3.8, 4) is 0 Å². The predicted octanol–water partition coefficient (Wildman–Crippen LogP) is 1.20. The minimum atomic E-state index is -3.83. The van der Waals surface area contributed by atoms with Gasteiger partial charge in [-0.3, -0.25) is 9.78 Å². The Morgan fingerprint density at radius 1 is 1.18 bits per heavy atom. The van der Waals surface area contributed by atoms with E-state index in [4.69, 9.17) is 0 Å². The number of nitrogens with one attached hydrogen (secondary N) is 2. The van der Waals surface area contributed by atoms with Crippen molar-refractivity contribution in [3.05, 3.63) is 60.4 Å². The van der Waals surface area contributed by atoms with Crippen molar-refractivity contribution in [1.29, 1.82) is 0 Å². The number of sulfonamides is 1. The van der Waals surface area contributed by atoms with E-state index in [1.807, 2.05) is 0 Å². The van der Waals surface area contributed by atoms with E-state index in [9.17, 15) is 21.6 Å². The quantitative estimate of drug-likeness (QED) is 0.676. The van der Waals surface area contributed by atoms with Gasteiger partial charge in [0.15, 0.2) is 9.84 Å². The van der Waals surface area contributed by atoms with Crippen molar-refractivity contribution < 1.29 is 21.6 Å². The normalized spacial score (nSPS) is 18.9. The summed E-state index contributed by atoms with van der Waals surface area (Å²) in [6.45, 7) is 0. The summed E-state index contributed by atoms with van der Waals surface area (Å²) in [7, 11) is -7.01. The highest BCUT2D eigenvalue weighted by Crippen LogP contribution is 2.18. The molecule has 2 N–H and O–H groups in total. The molecule has 0 aliphatic carbocycles. The summed E-state index contributed by atoms with van der Waals surface area (Å²) >= 11 is 0. The molecular formula is C18H19N3O5S2. The number of amides is 1. The van der Waals surface area contributed by atoms with Gasteiger partial charge in [-0.15, -0.1) is 0 Å². The molecule has 0 spiro atoms. The average molecular weight is 422 g/mol. The molecule has 10 heteroatoms. The van der Waals surface area contributed by atoms with Gasteiger partial charge in [-0.2, -0.15) is 0 Å². The Kier molecular flexibility index (Phi) is 5.92. The largest absolute Gasteiger partial charge is 0.323 e. The Labute approximate surface area is 163 Å². The number of hydrogen-bond donors (Lipinski definition) is 2. The van der Waals surface area contributed by atoms with Crippen LogP contribution in [0.3, 0.4) is 0 Å². The third-order valence-electron chi connectivity index (χ3n) is 4.10. The third kappa shape index (κ3) is 5.47. The monoisotopic (exact) mass is 421 g/mol. The van der Waals surface area contributed by atoms with Crippen LogP contribution in [0.25, 0.3) is 6.08 Å². The minimum Gasteiger partial charge on any atom is -0.323 e. The minimum absolute atomic E-state index is 0.000647. The van der Waals surface area contributed by atoms with E-state index in [0.29, 0.717) is 5.69 Å². The highest BCUT2D eigenvalue weighted by atomic mass is 32.2. The fourth-order valence-corrected chi connectivity index (χ4v) is 5.77. The van der Waals surface area contributed by atoms with E-state index in [1.165, 1.54) is 30.3 Å². The summed E-state index contributed by atoms with van der Waals surface area (Å²) in [6.07, 6.45) is 6.48. The van der Waals surface area contributed by atoms with Gasteiger partial charge < -0.3 is 5.32 Å². The first-order chi connectivity index (χ1) is 13.2. The van der Waals surface area contributed by atoms with Gasteiger partial charge >= 0.3 is 0 Å². The van der Waals surface area contributed by atoms with Crippen molar-refractivity contribution in [2.75, 3.05) is 16.8 Å². The Morgan fingerprint density at radius 2 is 1.93 bits per heavy atom. The molecule has 2 heterocycles. The number of aromatic nitrogens is 1. The lowest BCUT2D eigenvalue weighted by molar-refractivity contribution is -0.111. The van der Waals surface area contributed by atoms with E-state index in [2.05, 4.69) is 15.0 Å². The number of pyridine rings is 1. The Bertz CT molecular complexity index is 1080. The zero-order chi connectivity index (χ0) is 20.2. The van der Waals surface area contributed by atoms with Gasteiger partial charge in [-0.1, -0.05) is 6.07 Å². The SMILES string of the molecule is O=C(C=Cc1cccnc1)Nc1ccc(S(=O)(=O)NC2CCS(=O)(=O)C2)cc1. The van der Waals surface area contributed by atoms with Crippen LogP contribution >= 0.6 is 0 Å². The fourth-order valence-electron chi connectivity index (χ4n) is 2.72. The third-order valence-corrected chi connectivity index (χ3v) is 7.40. The van der Waals surface area contributed by atoms with E-state index in [1.54, 1.807) is 30.6 Å². The molecule has 28 heavy (non-hydrogen) atoms. The summed E-state index contributed by atoms with van der Waals surface area (Å²) in [5, 5.41) is 2.63. The lowest BCUT2D eigenvalue weighted by Crippen LogP contribution is -2.35. The lowest BCUT2D eigenvalue weighted by Gasteiger charge is -2.12. The predicted molar refractivity (Wildman–Crippen MR) is 106 cm³/mol. The standard InChI is InChI=1S/C18H19N3O5S2/c22-18(8-3-14-2-1-10-19-12-14)20-15-4-6-17(7-5-15)28(25,26)21-16-9-11-27(23,24)13-16/h1-8,10,12,16,21H,9,11,13H2,(H,20,22). The molecular weight excluding hydrogens is 402 g/mol. The van der Waals surface area contributed by atoms with Crippen LogP contribution in [-0.2, 0) is 24.7 Å². The first-order valence-electron chi connectivity index (χ1n) is 8.45. The van der Waals surface area contributed by atoms with E-state index >= 15 is 0 Å². The van der Waals surface area contributed by atoms with Gasteiger partial charge in [0.1, 0.15) is 0 Å². The van der Waals surface area contributed by atoms with E-state index < -0.39 is 25.9 Å². The number of benzene rings is 1. The van der Waals surface area contributed by atoms with Crippen LogP contribution in [0.1, 0.15) is 12.0 Å². The number of sulfone groups is 1. The molecule has 1 unspecified atom stereocenters. The fraction of sp³-hybridized carbons (Fsp3) is 0.222. The van der Waals surface area contributed by atoms with Crippen LogP contribution in [0.4, 0.5) is 5.69 Å². The maximum atomic E-state index is 12.4. The van der Waals surface area contributed by atoms with Crippen molar-refractivity contribution >= 4 is 37.5 Å². The first-order valence-corrected chi connectivity index (χ1v) is 11.8. The smallest absolute Gasteiger partial charge is 0.248 e. The molecule has 1 fully saturated rings. The van der Waals surface area contributed by atoms with Gasteiger partial charge in [0.25, 0.3) is 0 Å². The lowest BCUT2D eigenvalue weighted by atomic mass is 10.2. The molecule has 1 saturated heterocycles. The van der Waals surface area contributed by atoms with Crippen LogP contribution in [-0.4, -0.2) is 45.3 Å². The van der Waals surface area contributed by atoms with Crippen LogP contribution in [0.2, 0.25) is 0 Å². The summed E-state index contributed by atoms with van der Waals surface area (Å²) in [5.41, 5.74) is 1.21. The molecule has 0 saturated carbocycles. The van der Waals surface area contributed by atoms with Gasteiger partial charge in [0.05, 0.1) is 16.4 Å². The molecule has 2 aromatic rings. The van der Waals surface area contributed by atoms with E-state index in [-0.39, 0.29) is 28.7 Å². The molecule has 1 aliphatic rings. The molecule has 0 bridgehead atoms. The first kappa shape index (κ1) is 20.2. The summed E-state index contributed by atoms with van der Waals surface area (Å²) in [4.78, 5) is 15.9. The van der Waals surface area contributed by atoms with Crippen molar-refractivity contribution in [2.45, 2.75) is 17.4 Å². The van der Waals surface area contributed by atoms with Gasteiger partial charge in [-0.05, 0) is 48.4 Å². The second-order valence-electron chi connectivity index (χ2n) is 6.35. The number of nitrogens with zero attached hydrogens (tertiary/aromatic N) is 1.